The van der Waals surface area contributed by atoms with Crippen LogP contribution in [0.1, 0.15) is 41.5 Å². The molecule has 0 radical (unpaired) electrons. The minimum Gasteiger partial charge on any atom is -0.394 e. The number of carbonyl (C=O) groups is 4. The largest absolute Gasteiger partial charge is 0.394 e. The summed E-state index contributed by atoms with van der Waals surface area (Å²) in [5.41, 5.74) is 0. The molecule has 143 heavy (non-hydrogen) atoms. The third-order valence-electron chi connectivity index (χ3n) is 26.6. The van der Waals surface area contributed by atoms with Gasteiger partial charge >= 0.3 is 0 Å². The average Bonchev–Trinajstić information content (AvgIpc) is 0.759. The summed E-state index contributed by atoms with van der Waals surface area (Å²) < 4.78 is 139. The Bertz CT molecular complexity index is 3950. The molecule has 1 unspecified atom stereocenters. The van der Waals surface area contributed by atoms with Crippen molar-refractivity contribution in [3.8, 4) is 0 Å². The third-order valence-corrected chi connectivity index (χ3v) is 26.6. The number of hydrogen-bond donors (Lipinski definition) is 36. The minimum atomic E-state index is -2.69. The maximum Gasteiger partial charge on any atom is 0.217 e. The zero-order valence-corrected chi connectivity index (χ0v) is 77.0. The van der Waals surface area contributed by atoms with Gasteiger partial charge in [0.25, 0.3) is 0 Å². The molecule has 12 fully saturated rings. The highest BCUT2D eigenvalue weighted by atomic mass is 16.8. The molecule has 828 valence electrons. The average molecular weight is 2100 g/mol. The zero-order valence-electron chi connectivity index (χ0n) is 77.0. The Kier molecular flexibility index (Phi) is 41.8. The molecule has 0 aromatic heterocycles. The van der Waals surface area contributed by atoms with Gasteiger partial charge in [-0.15, -0.1) is 0 Å². The number of aliphatic hydroxyl groups is 32. The molecule has 0 bridgehead atoms. The summed E-state index contributed by atoms with van der Waals surface area (Å²) in [6, 6.07) is -8.24. The molecule has 12 aliphatic rings. The molecule has 12 rings (SSSR count). The van der Waals surface area contributed by atoms with Crippen molar-refractivity contribution >= 4 is 23.6 Å². The van der Waals surface area contributed by atoms with Crippen LogP contribution in [0.3, 0.4) is 0 Å². The molecule has 0 saturated carbocycles. The normalized spacial score (nSPS) is 50.7. The van der Waals surface area contributed by atoms with E-state index in [4.69, 9.17) is 109 Å². The Morgan fingerprint density at radius 1 is 0.196 bits per heavy atom. The molecule has 4 amide bonds. The van der Waals surface area contributed by atoms with Gasteiger partial charge in [0.1, 0.15) is 281 Å². The molecule has 36 N–H and O–H groups in total. The van der Waals surface area contributed by atoms with E-state index in [1.807, 2.05) is 0 Å². The molecule has 0 spiro atoms. The summed E-state index contributed by atoms with van der Waals surface area (Å²) in [4.78, 5) is 54.1. The summed E-state index contributed by atoms with van der Waals surface area (Å²) >= 11 is 0. The molecule has 12 aliphatic heterocycles. The van der Waals surface area contributed by atoms with E-state index in [0.717, 1.165) is 27.7 Å². The highest BCUT2D eigenvalue weighted by Gasteiger charge is 2.64. The molecule has 60 atom stereocenters. The van der Waals surface area contributed by atoms with Gasteiger partial charge in [0, 0.05) is 27.7 Å². The van der Waals surface area contributed by atoms with Gasteiger partial charge in [0.15, 0.2) is 75.5 Å². The highest BCUT2D eigenvalue weighted by Crippen LogP contribution is 2.43. The van der Waals surface area contributed by atoms with Gasteiger partial charge < -0.3 is 294 Å². The molecule has 63 nitrogen and oxygen atoms in total. The van der Waals surface area contributed by atoms with Crippen LogP contribution in [0, 0.1) is 0 Å². The van der Waals surface area contributed by atoms with E-state index in [0.29, 0.717) is 0 Å². The van der Waals surface area contributed by atoms with E-state index in [2.05, 4.69) is 21.3 Å². The standard InChI is InChI=1S/C80H134N4O59/c1-17-37(97)46(106)53(113)74(123-17)137-63-30(14-92)132-73(36(84-22(6)96)66(63)141-78-57(117)50(110)41(101)25(9-87)129-78)143-68-44(104)32(16-122-71-35(83-21(5)95)65(140-75-54(114)47(107)38(98)18(2)124-75)62(29(13-91)131-71)138-76-55(115)48(108)39(99)23(7-85)127-76)133-79(58(68)118)135-60-28(12-90)130-70(33(45(60)105)81-19(3)93)121-15-31-43(103)67(59(119)80(134-31)136-61-27(11-89)125-69(120)52(112)51(61)111)142-72-34(82-20(4)94)64(42(102)26(10-88)126-72)139-77-56(116)49(109)40(100)24(8-86)128-77/h17-18,23-80,85-92,97-120H,7-16H2,1-6H3,(H,81,93)(H,82,94)(H,83,95)(H,84,96)/t17-,18-,23+,24+,25+,26+,27+,28+,29+,30+,31+,32+,33+,34+,35+,36+,37+,38+,39-,40-,41-,42+,43-,44-,45+,46+,47+,48-,49-,50-,51+,52+,53-,54-,55+,56+,57+,58+,59+,60+,61+,62+,63+,64+,65+,66+,67-,68-,69?,70+,71+,72-,73-,74-,75-,76-,77-,78-,79-,80-/m0/s1. The van der Waals surface area contributed by atoms with Gasteiger partial charge in [-0.05, 0) is 13.8 Å². The van der Waals surface area contributed by atoms with Crippen LogP contribution < -0.4 is 21.3 Å². The number of nitrogens with one attached hydrogen (secondary N) is 4. The van der Waals surface area contributed by atoms with Crippen molar-refractivity contribution in [3.63, 3.8) is 0 Å². The fourth-order valence-corrected chi connectivity index (χ4v) is 18.7. The van der Waals surface area contributed by atoms with Crippen molar-refractivity contribution in [1.29, 1.82) is 0 Å². The van der Waals surface area contributed by atoms with Gasteiger partial charge in [0.05, 0.1) is 78.3 Å². The molecular formula is C80H134N4O59. The molecule has 0 aromatic rings. The van der Waals surface area contributed by atoms with Crippen LogP contribution in [0.5, 0.6) is 0 Å². The van der Waals surface area contributed by atoms with Crippen LogP contribution in [0.2, 0.25) is 0 Å². The second-order valence-corrected chi connectivity index (χ2v) is 36.6. The minimum absolute atomic E-state index is 0.874. The first kappa shape index (κ1) is 117. The zero-order chi connectivity index (χ0) is 105. The third kappa shape index (κ3) is 25.8. The van der Waals surface area contributed by atoms with Crippen molar-refractivity contribution in [3.05, 3.63) is 0 Å². The van der Waals surface area contributed by atoms with Gasteiger partial charge in [-0.25, -0.2) is 0 Å². The van der Waals surface area contributed by atoms with Crippen LogP contribution in [0.15, 0.2) is 0 Å². The predicted molar refractivity (Wildman–Crippen MR) is 439 cm³/mol. The Morgan fingerprint density at radius 3 is 0.783 bits per heavy atom. The summed E-state index contributed by atoms with van der Waals surface area (Å²) in [5, 5.41) is 369. The smallest absolute Gasteiger partial charge is 0.217 e. The maximum atomic E-state index is 13.8. The topological polar surface area (TPSA) is 976 Å². The van der Waals surface area contributed by atoms with E-state index >= 15 is 0 Å². The van der Waals surface area contributed by atoms with Crippen molar-refractivity contribution in [2.24, 2.45) is 0 Å². The number of amides is 4. The first-order chi connectivity index (χ1) is 67.6. The molecule has 63 heteroatoms. The Morgan fingerprint density at radius 2 is 0.427 bits per heavy atom. The summed E-state index contributed by atoms with van der Waals surface area (Å²) in [5.74, 6) is -4.15. The predicted octanol–water partition coefficient (Wildman–Crippen LogP) is -24.5. The highest BCUT2D eigenvalue weighted by molar-refractivity contribution is 5.74. The van der Waals surface area contributed by atoms with Crippen molar-refractivity contribution in [2.75, 3.05) is 66.1 Å². The van der Waals surface area contributed by atoms with Gasteiger partial charge in [-0.1, -0.05) is 0 Å². The Labute approximate surface area is 809 Å². The van der Waals surface area contributed by atoms with Gasteiger partial charge in [-0.3, -0.25) is 19.2 Å². The number of hydrogen-bond acceptors (Lipinski definition) is 59. The lowest BCUT2D eigenvalue weighted by molar-refractivity contribution is -0.394. The second kappa shape index (κ2) is 51.0. The fourth-order valence-electron chi connectivity index (χ4n) is 18.7. The number of ether oxygens (including phenoxy) is 23. The number of rotatable bonds is 36. The summed E-state index contributed by atoms with van der Waals surface area (Å²) in [7, 11) is 0. The van der Waals surface area contributed by atoms with Crippen molar-refractivity contribution in [2.45, 2.75) is 410 Å². The first-order valence-corrected chi connectivity index (χ1v) is 45.9. The molecule has 12 saturated heterocycles. The first-order valence-electron chi connectivity index (χ1n) is 45.9. The Hall–Kier alpha value is -4.32. The van der Waals surface area contributed by atoms with Crippen LogP contribution in [0.25, 0.3) is 0 Å². The quantitative estimate of drug-likeness (QED) is 0.0277. The molecule has 0 aliphatic carbocycles. The van der Waals surface area contributed by atoms with Crippen LogP contribution in [-0.2, 0) is 128 Å². The summed E-state index contributed by atoms with van der Waals surface area (Å²) in [6.07, 6.45) is -119. The summed E-state index contributed by atoms with van der Waals surface area (Å²) in [6.45, 7) is -5.74. The maximum absolute atomic E-state index is 13.8. The lowest BCUT2D eigenvalue weighted by Crippen LogP contribution is -2.71. The monoisotopic (exact) mass is 2090 g/mol. The van der Waals surface area contributed by atoms with E-state index in [9.17, 15) is 183 Å². The van der Waals surface area contributed by atoms with Crippen LogP contribution in [0.4, 0.5) is 0 Å². The molecule has 0 aromatic carbocycles. The van der Waals surface area contributed by atoms with Gasteiger partial charge in [0.2, 0.25) is 23.6 Å². The van der Waals surface area contributed by atoms with E-state index in [1.165, 1.54) is 13.8 Å². The lowest BCUT2D eigenvalue weighted by atomic mass is 9.93. The number of aliphatic hydroxyl groups excluding tert-OH is 32. The Balaban J connectivity index is 0.898. The van der Waals surface area contributed by atoms with Gasteiger partial charge in [-0.2, -0.15) is 0 Å². The van der Waals surface area contributed by atoms with Crippen LogP contribution >= 0.6 is 0 Å². The van der Waals surface area contributed by atoms with E-state index in [-0.39, 0.29) is 0 Å². The van der Waals surface area contributed by atoms with E-state index in [1.54, 1.807) is 0 Å². The molecular weight excluding hydrogens is 1960 g/mol. The fraction of sp³-hybridized carbons (Fsp3) is 0.950. The van der Waals surface area contributed by atoms with E-state index < -0.39 is 458 Å². The van der Waals surface area contributed by atoms with Crippen LogP contribution in [-0.4, -0.2) is 621 Å². The number of carbonyl (C=O) groups excluding carboxylic acids is 4. The lowest BCUT2D eigenvalue weighted by Gasteiger charge is -2.52. The van der Waals surface area contributed by atoms with Crippen molar-refractivity contribution < 1.29 is 292 Å². The second-order valence-electron chi connectivity index (χ2n) is 36.6. The molecule has 12 heterocycles. The SMILES string of the molecule is CC(=O)N[C@H]1[C@H](OC[C@H]2O[C@@H](O[C@H]3[C@H](O)[C@@H](O)C(O)O[C@@H]3CO)[C@H](O)[C@@H](O[C@@H]3O[C@H](CO)[C@@H](O)[C@H](O[C@@H]4O[C@H](CO)[C@H](O)[C@H](O)[C@H]4O)[C@H]3NC(C)=O)[C@H]2O)O[C@H](CO)[C@@H](O[C@@H]2O[C@H](CO[C@@H]3O[C@H](CO)[C@@H](O[C@@H]4O[C@H](CO)[C@H](O)[C@H](O)[C@H]4O)[C@H](O[C@@H]4O[C@@H](C)[C@@H](O)[C@@H](O)[C@@H]4O)[C@H]3NC(C)=O)[C@H](O)[C@H](O[C@@H]3O[C@H](CO)[C@@H](O[C@@H]4O[C@@H](C)[C@@H](O)[C@@H](O)[C@@H]4O)[C@H](O[C@@H]4O[C@H](CO)[C@H](O)[C@H](O)[C@H]4O)[C@H]3NC(C)=O)[C@H]2O)[C@@H]1O. The van der Waals surface area contributed by atoms with Crippen molar-refractivity contribution in [1.82, 2.24) is 21.3 Å².